The van der Waals surface area contributed by atoms with Gasteiger partial charge in [-0.15, -0.1) is 11.3 Å². The van der Waals surface area contributed by atoms with Gasteiger partial charge in [0.25, 0.3) is 0 Å². The lowest BCUT2D eigenvalue weighted by Crippen LogP contribution is -2.05. The van der Waals surface area contributed by atoms with Gasteiger partial charge in [0.1, 0.15) is 12.4 Å². The molecule has 0 saturated heterocycles. The fraction of sp³-hybridized carbons (Fsp3) is 0.250. The molecule has 130 valence electrons. The summed E-state index contributed by atoms with van der Waals surface area (Å²) < 4.78 is 13.2. The number of hydrogen-bond acceptors (Lipinski definition) is 4. The number of carbonyl (C=O) groups excluding carboxylic acids is 1. The van der Waals surface area contributed by atoms with Gasteiger partial charge in [0.05, 0.1) is 6.61 Å². The van der Waals surface area contributed by atoms with Crippen LogP contribution in [0.3, 0.4) is 0 Å². The lowest BCUT2D eigenvalue weighted by atomic mass is 10.1. The summed E-state index contributed by atoms with van der Waals surface area (Å²) in [4.78, 5) is 11.4. The van der Waals surface area contributed by atoms with Crippen molar-refractivity contribution < 1.29 is 14.3 Å². The van der Waals surface area contributed by atoms with Gasteiger partial charge in [-0.3, -0.25) is 4.79 Å². The third kappa shape index (κ3) is 4.83. The maximum absolute atomic E-state index is 11.4. The second-order valence-electron chi connectivity index (χ2n) is 5.65. The SMILES string of the molecule is CCOC(=O)CCc1ccc(COc2ccc3scc(Br)c3c2)cc1. The summed E-state index contributed by atoms with van der Waals surface area (Å²) in [5.41, 5.74) is 2.23. The number of rotatable bonds is 7. The van der Waals surface area contributed by atoms with Crippen LogP contribution in [0, 0.1) is 0 Å². The molecule has 0 spiro atoms. The van der Waals surface area contributed by atoms with Crippen molar-refractivity contribution in [1.29, 1.82) is 0 Å². The quantitative estimate of drug-likeness (QED) is 0.459. The first-order valence-electron chi connectivity index (χ1n) is 8.18. The average Bonchev–Trinajstić information content (AvgIpc) is 3.00. The van der Waals surface area contributed by atoms with E-state index in [1.807, 2.05) is 37.3 Å². The molecule has 3 rings (SSSR count). The number of halogens is 1. The number of ether oxygens (including phenoxy) is 2. The fourth-order valence-electron chi connectivity index (χ4n) is 2.52. The Balaban J connectivity index is 1.55. The van der Waals surface area contributed by atoms with Crippen LogP contribution in [0.2, 0.25) is 0 Å². The molecule has 0 amide bonds. The van der Waals surface area contributed by atoms with Crippen LogP contribution < -0.4 is 4.74 Å². The predicted molar refractivity (Wildman–Crippen MR) is 105 cm³/mol. The normalized spacial score (nSPS) is 10.8. The maximum Gasteiger partial charge on any atom is 0.306 e. The zero-order valence-electron chi connectivity index (χ0n) is 14.0. The van der Waals surface area contributed by atoms with Crippen molar-refractivity contribution in [3.63, 3.8) is 0 Å². The average molecular weight is 419 g/mol. The number of aryl methyl sites for hydroxylation is 1. The van der Waals surface area contributed by atoms with Gasteiger partial charge in [0.2, 0.25) is 0 Å². The number of fused-ring (bicyclic) bond motifs is 1. The molecule has 0 aliphatic carbocycles. The molecular weight excluding hydrogens is 400 g/mol. The Morgan fingerprint density at radius 3 is 2.64 bits per heavy atom. The molecule has 2 aromatic carbocycles. The summed E-state index contributed by atoms with van der Waals surface area (Å²) in [6.45, 7) is 2.77. The van der Waals surface area contributed by atoms with Crippen molar-refractivity contribution in [2.45, 2.75) is 26.4 Å². The van der Waals surface area contributed by atoms with E-state index in [4.69, 9.17) is 9.47 Å². The summed E-state index contributed by atoms with van der Waals surface area (Å²) in [5, 5.41) is 3.26. The van der Waals surface area contributed by atoms with Gasteiger partial charge in [0.15, 0.2) is 0 Å². The molecule has 3 aromatic rings. The summed E-state index contributed by atoms with van der Waals surface area (Å²) >= 11 is 5.27. The van der Waals surface area contributed by atoms with Crippen molar-refractivity contribution in [3.8, 4) is 5.75 Å². The topological polar surface area (TPSA) is 35.5 Å². The van der Waals surface area contributed by atoms with Crippen molar-refractivity contribution in [2.75, 3.05) is 6.61 Å². The predicted octanol–water partition coefficient (Wildman–Crippen LogP) is 5.74. The highest BCUT2D eigenvalue weighted by molar-refractivity contribution is 9.10. The van der Waals surface area contributed by atoms with Crippen LogP contribution >= 0.6 is 27.3 Å². The molecule has 0 aliphatic rings. The van der Waals surface area contributed by atoms with E-state index in [0.717, 1.165) is 21.3 Å². The van der Waals surface area contributed by atoms with Crippen molar-refractivity contribution in [2.24, 2.45) is 0 Å². The minimum Gasteiger partial charge on any atom is -0.489 e. The molecule has 0 radical (unpaired) electrons. The molecule has 3 nitrogen and oxygen atoms in total. The Kier molecular flexibility index (Phi) is 6.10. The van der Waals surface area contributed by atoms with Crippen LogP contribution in [0.1, 0.15) is 24.5 Å². The van der Waals surface area contributed by atoms with Crippen molar-refractivity contribution >= 4 is 43.3 Å². The molecular formula is C20H19BrO3S. The molecule has 0 aliphatic heterocycles. The van der Waals surface area contributed by atoms with Crippen LogP contribution in [0.5, 0.6) is 5.75 Å². The molecule has 0 bridgehead atoms. The van der Waals surface area contributed by atoms with Crippen LogP contribution in [-0.4, -0.2) is 12.6 Å². The second kappa shape index (κ2) is 8.50. The Morgan fingerprint density at radius 2 is 1.88 bits per heavy atom. The summed E-state index contributed by atoms with van der Waals surface area (Å²) in [6.07, 6.45) is 1.11. The largest absolute Gasteiger partial charge is 0.489 e. The maximum atomic E-state index is 11.4. The molecule has 0 N–H and O–H groups in total. The summed E-state index contributed by atoms with van der Waals surface area (Å²) in [7, 11) is 0. The standard InChI is InChI=1S/C20H19BrO3S/c1-2-23-20(22)10-7-14-3-5-15(6-4-14)12-24-16-8-9-19-17(11-16)18(21)13-25-19/h3-6,8-9,11,13H,2,7,10,12H2,1H3. The highest BCUT2D eigenvalue weighted by Crippen LogP contribution is 2.33. The van der Waals surface area contributed by atoms with Gasteiger partial charge in [-0.05, 0) is 58.6 Å². The van der Waals surface area contributed by atoms with Gasteiger partial charge in [-0.25, -0.2) is 0 Å². The van der Waals surface area contributed by atoms with E-state index in [-0.39, 0.29) is 5.97 Å². The minimum atomic E-state index is -0.148. The lowest BCUT2D eigenvalue weighted by Gasteiger charge is -2.08. The Bertz CT molecular complexity index is 855. The zero-order valence-corrected chi connectivity index (χ0v) is 16.4. The first-order chi connectivity index (χ1) is 12.2. The molecule has 5 heteroatoms. The van der Waals surface area contributed by atoms with E-state index >= 15 is 0 Å². The zero-order chi connectivity index (χ0) is 17.6. The van der Waals surface area contributed by atoms with E-state index in [2.05, 4.69) is 33.4 Å². The van der Waals surface area contributed by atoms with Gasteiger partial charge in [0, 0.05) is 26.4 Å². The monoisotopic (exact) mass is 418 g/mol. The second-order valence-corrected chi connectivity index (χ2v) is 7.42. The number of hydrogen-bond donors (Lipinski definition) is 0. The van der Waals surface area contributed by atoms with Gasteiger partial charge >= 0.3 is 5.97 Å². The fourth-order valence-corrected chi connectivity index (χ4v) is 4.05. The third-order valence-corrected chi connectivity index (χ3v) is 5.77. The smallest absolute Gasteiger partial charge is 0.306 e. The first-order valence-corrected chi connectivity index (χ1v) is 9.86. The molecule has 0 unspecified atom stereocenters. The third-order valence-electron chi connectivity index (χ3n) is 3.85. The number of esters is 1. The van der Waals surface area contributed by atoms with E-state index in [1.54, 1.807) is 11.3 Å². The minimum absolute atomic E-state index is 0.148. The lowest BCUT2D eigenvalue weighted by molar-refractivity contribution is -0.143. The van der Waals surface area contributed by atoms with E-state index in [9.17, 15) is 4.79 Å². The molecule has 25 heavy (non-hydrogen) atoms. The van der Waals surface area contributed by atoms with Gasteiger partial charge in [-0.1, -0.05) is 24.3 Å². The number of carbonyl (C=O) groups is 1. The molecule has 0 atom stereocenters. The van der Waals surface area contributed by atoms with Crippen LogP contribution in [0.4, 0.5) is 0 Å². The summed E-state index contributed by atoms with van der Waals surface area (Å²) in [6, 6.07) is 14.3. The first kappa shape index (κ1) is 18.0. The molecule has 0 saturated carbocycles. The van der Waals surface area contributed by atoms with Crippen molar-refractivity contribution in [3.05, 3.63) is 63.4 Å². The van der Waals surface area contributed by atoms with E-state index in [1.165, 1.54) is 10.1 Å². The van der Waals surface area contributed by atoms with E-state index < -0.39 is 0 Å². The number of thiophene rings is 1. The van der Waals surface area contributed by atoms with Crippen molar-refractivity contribution in [1.82, 2.24) is 0 Å². The highest BCUT2D eigenvalue weighted by Gasteiger charge is 2.05. The van der Waals surface area contributed by atoms with E-state index in [0.29, 0.717) is 26.1 Å². The molecule has 1 aromatic heterocycles. The summed E-state index contributed by atoms with van der Waals surface area (Å²) in [5.74, 6) is 0.711. The van der Waals surface area contributed by atoms with Gasteiger partial charge in [-0.2, -0.15) is 0 Å². The van der Waals surface area contributed by atoms with Crippen LogP contribution in [0.25, 0.3) is 10.1 Å². The van der Waals surface area contributed by atoms with Crippen LogP contribution in [-0.2, 0) is 22.6 Å². The van der Waals surface area contributed by atoms with Gasteiger partial charge < -0.3 is 9.47 Å². The molecule has 0 fully saturated rings. The molecule has 1 heterocycles. The Hall–Kier alpha value is -1.85. The Labute approximate surface area is 159 Å². The Morgan fingerprint density at radius 1 is 1.12 bits per heavy atom. The van der Waals surface area contributed by atoms with Crippen LogP contribution in [0.15, 0.2) is 52.3 Å². The number of benzene rings is 2. The highest BCUT2D eigenvalue weighted by atomic mass is 79.9.